The molecule has 0 saturated heterocycles. The number of benzene rings is 2. The summed E-state index contributed by atoms with van der Waals surface area (Å²) in [4.78, 5) is 75.8. The molecule has 1 aromatic heterocycles. The van der Waals surface area contributed by atoms with Crippen LogP contribution in [0.3, 0.4) is 0 Å². The number of H-pyrrole nitrogens is 1. The first-order chi connectivity index (χ1) is 23.5. The number of carbonyl (C=O) groups excluding carboxylic acids is 5. The van der Waals surface area contributed by atoms with Gasteiger partial charge in [0.2, 0.25) is 17.7 Å². The molecule has 0 saturated carbocycles. The van der Waals surface area contributed by atoms with E-state index in [-0.39, 0.29) is 56.2 Å². The van der Waals surface area contributed by atoms with E-state index < -0.39 is 24.1 Å². The van der Waals surface area contributed by atoms with Gasteiger partial charge in [-0.2, -0.15) is 0 Å². The second-order valence-corrected chi connectivity index (χ2v) is 12.4. The summed E-state index contributed by atoms with van der Waals surface area (Å²) in [5, 5.41) is 8.81. The van der Waals surface area contributed by atoms with Crippen molar-refractivity contribution in [2.75, 3.05) is 32.6 Å². The predicted molar refractivity (Wildman–Crippen MR) is 185 cm³/mol. The number of nitrogens with one attached hydrogen (secondary N) is 4. The van der Waals surface area contributed by atoms with E-state index in [1.807, 2.05) is 38.1 Å². The van der Waals surface area contributed by atoms with Crippen LogP contribution >= 0.6 is 0 Å². The zero-order chi connectivity index (χ0) is 35.5. The summed E-state index contributed by atoms with van der Waals surface area (Å²) in [7, 11) is 2.97. The second-order valence-electron chi connectivity index (χ2n) is 12.4. The highest BCUT2D eigenvalue weighted by Crippen LogP contribution is 2.26. The predicted octanol–water partition coefficient (Wildman–Crippen LogP) is 2.44. The van der Waals surface area contributed by atoms with Crippen LogP contribution in [-0.4, -0.2) is 94.7 Å². The Morgan fingerprint density at radius 1 is 1.10 bits per heavy atom. The van der Waals surface area contributed by atoms with Crippen LogP contribution < -0.4 is 21.7 Å². The van der Waals surface area contributed by atoms with Crippen molar-refractivity contribution >= 4 is 46.3 Å². The minimum atomic E-state index is -0.878. The van der Waals surface area contributed by atoms with E-state index >= 15 is 0 Å². The van der Waals surface area contributed by atoms with Gasteiger partial charge in [-0.15, -0.1) is 0 Å². The molecule has 2 aromatic carbocycles. The van der Waals surface area contributed by atoms with Crippen LogP contribution in [0.25, 0.3) is 11.0 Å². The minimum Gasteiger partial charge on any atom is -0.469 e. The number of hydrogen-bond donors (Lipinski definition) is 5. The number of aromatic amines is 1. The molecule has 14 heteroatoms. The van der Waals surface area contributed by atoms with Crippen molar-refractivity contribution in [2.24, 2.45) is 5.73 Å². The number of aromatic nitrogens is 2. The topological polar surface area (TPSA) is 192 Å². The third-order valence-electron chi connectivity index (χ3n) is 8.47. The molecule has 4 rings (SSSR count). The molecule has 4 amide bonds. The van der Waals surface area contributed by atoms with Crippen LogP contribution in [0, 0.1) is 0 Å². The molecular formula is C35H48N8O6. The largest absolute Gasteiger partial charge is 0.469 e. The molecule has 0 radical (unpaired) electrons. The van der Waals surface area contributed by atoms with Crippen molar-refractivity contribution in [2.45, 2.75) is 83.6 Å². The smallest absolute Gasteiger partial charge is 0.308 e. The van der Waals surface area contributed by atoms with Gasteiger partial charge in [0, 0.05) is 37.9 Å². The van der Waals surface area contributed by atoms with Gasteiger partial charge < -0.3 is 41.2 Å². The molecule has 0 spiro atoms. The number of hydrogen-bond acceptors (Lipinski definition) is 9. The van der Waals surface area contributed by atoms with Gasteiger partial charge in [0.05, 0.1) is 37.2 Å². The molecule has 0 bridgehead atoms. The summed E-state index contributed by atoms with van der Waals surface area (Å²) in [6, 6.07) is 10.6. The lowest BCUT2D eigenvalue weighted by Gasteiger charge is -2.25. The monoisotopic (exact) mass is 676 g/mol. The standard InChI is InChI=1S/C35H48N8O6/c1-5-10-24(36)32(45)41-28(11-6-2)33(46)37-16-9-17-43-20-23-18-22(14-15-25(23)38-29(35(43)48)19-31(44)49-4)34(47)42(3)21-30-39-26-12-7-8-13-27(26)40-30/h7-8,12-15,18,24,28-29,38H,5-6,9-11,16-17,19-21,36H2,1-4H3,(H,37,46)(H,39,40)(H,41,45)/t24-,28-,29-/m0/s1. The number of carbonyl (C=O) groups is 5. The van der Waals surface area contributed by atoms with Crippen molar-refractivity contribution < 1.29 is 28.7 Å². The third kappa shape index (κ3) is 9.78. The van der Waals surface area contributed by atoms with E-state index in [4.69, 9.17) is 10.5 Å². The molecule has 6 N–H and O–H groups in total. The Morgan fingerprint density at radius 3 is 2.57 bits per heavy atom. The van der Waals surface area contributed by atoms with Gasteiger partial charge in [-0.1, -0.05) is 38.8 Å². The highest BCUT2D eigenvalue weighted by molar-refractivity contribution is 5.96. The van der Waals surface area contributed by atoms with Crippen LogP contribution in [0.2, 0.25) is 0 Å². The number of ether oxygens (including phenoxy) is 1. The Balaban J connectivity index is 1.43. The molecule has 3 aromatic rings. The van der Waals surface area contributed by atoms with Crippen molar-refractivity contribution in [3.63, 3.8) is 0 Å². The number of esters is 1. The first-order valence-corrected chi connectivity index (χ1v) is 16.8. The normalized spacial score (nSPS) is 15.4. The van der Waals surface area contributed by atoms with Crippen LogP contribution in [0.5, 0.6) is 0 Å². The van der Waals surface area contributed by atoms with Gasteiger partial charge in [0.15, 0.2) is 0 Å². The average Bonchev–Trinajstić information content (AvgIpc) is 3.45. The second kappa shape index (κ2) is 17.4. The quantitative estimate of drug-likeness (QED) is 0.112. The number of nitrogens with zero attached hydrogens (tertiary/aromatic N) is 3. The van der Waals surface area contributed by atoms with Gasteiger partial charge in [-0.3, -0.25) is 24.0 Å². The number of fused-ring (bicyclic) bond motifs is 2. The third-order valence-corrected chi connectivity index (χ3v) is 8.47. The lowest BCUT2D eigenvalue weighted by Crippen LogP contribution is -2.51. The van der Waals surface area contributed by atoms with Gasteiger partial charge in [0.25, 0.3) is 5.91 Å². The van der Waals surface area contributed by atoms with Gasteiger partial charge >= 0.3 is 5.97 Å². The van der Waals surface area contributed by atoms with Crippen molar-refractivity contribution in [3.05, 3.63) is 59.4 Å². The van der Waals surface area contributed by atoms with E-state index in [2.05, 4.69) is 25.9 Å². The molecule has 49 heavy (non-hydrogen) atoms. The summed E-state index contributed by atoms with van der Waals surface area (Å²) >= 11 is 0. The Labute approximate surface area is 286 Å². The number of amides is 4. The number of anilines is 1. The Kier molecular flexibility index (Phi) is 13.1. The average molecular weight is 677 g/mol. The summed E-state index contributed by atoms with van der Waals surface area (Å²) in [6.07, 6.45) is 2.68. The SMILES string of the molecule is CCC[C@H](NC(=O)[C@@H](N)CCC)C(=O)NCCCN1Cc2cc(C(=O)N(C)Cc3nc4ccccc4[nH]3)ccc2N[C@@H](CC(=O)OC)C1=O. The maximum Gasteiger partial charge on any atom is 0.308 e. The summed E-state index contributed by atoms with van der Waals surface area (Å²) < 4.78 is 4.84. The van der Waals surface area contributed by atoms with Crippen LogP contribution in [0.1, 0.15) is 74.1 Å². The zero-order valence-corrected chi connectivity index (χ0v) is 28.7. The Bertz CT molecular complexity index is 1610. The van der Waals surface area contributed by atoms with Crippen LogP contribution in [0.15, 0.2) is 42.5 Å². The molecule has 14 nitrogen and oxygen atoms in total. The van der Waals surface area contributed by atoms with E-state index in [0.29, 0.717) is 48.3 Å². The zero-order valence-electron chi connectivity index (χ0n) is 28.7. The summed E-state index contributed by atoms with van der Waals surface area (Å²) in [5.74, 6) is -1.07. The molecule has 0 unspecified atom stereocenters. The number of nitrogens with two attached hydrogens (primary N) is 1. The fraction of sp³-hybridized carbons (Fsp3) is 0.486. The lowest BCUT2D eigenvalue weighted by molar-refractivity contribution is -0.144. The molecule has 1 aliphatic rings. The van der Waals surface area contributed by atoms with Gasteiger partial charge in [-0.25, -0.2) is 4.98 Å². The molecule has 0 fully saturated rings. The molecule has 0 aliphatic carbocycles. The first kappa shape index (κ1) is 36.8. The molecule has 1 aliphatic heterocycles. The Hall–Kier alpha value is -4.98. The molecule has 264 valence electrons. The van der Waals surface area contributed by atoms with Gasteiger partial charge in [-0.05, 0) is 55.2 Å². The number of para-hydroxylation sites is 2. The number of rotatable bonds is 16. The van der Waals surface area contributed by atoms with E-state index in [1.165, 1.54) is 7.11 Å². The summed E-state index contributed by atoms with van der Waals surface area (Å²) in [5.41, 5.74) is 9.42. The number of methoxy groups -OCH3 is 1. The number of imidazole rings is 1. The highest BCUT2D eigenvalue weighted by Gasteiger charge is 2.32. The lowest BCUT2D eigenvalue weighted by atomic mass is 10.1. The van der Waals surface area contributed by atoms with Crippen molar-refractivity contribution in [1.29, 1.82) is 0 Å². The molecular weight excluding hydrogens is 628 g/mol. The van der Waals surface area contributed by atoms with Crippen molar-refractivity contribution in [3.8, 4) is 0 Å². The fourth-order valence-electron chi connectivity index (χ4n) is 5.81. The minimum absolute atomic E-state index is 0.179. The fourth-order valence-corrected chi connectivity index (χ4v) is 5.81. The first-order valence-electron chi connectivity index (χ1n) is 16.8. The summed E-state index contributed by atoms with van der Waals surface area (Å²) in [6.45, 7) is 4.85. The van der Waals surface area contributed by atoms with Crippen LogP contribution in [-0.2, 0) is 37.0 Å². The van der Waals surface area contributed by atoms with E-state index in [1.54, 1.807) is 35.0 Å². The van der Waals surface area contributed by atoms with E-state index in [9.17, 15) is 24.0 Å². The Morgan fingerprint density at radius 2 is 1.86 bits per heavy atom. The maximum atomic E-state index is 13.7. The van der Waals surface area contributed by atoms with Crippen molar-refractivity contribution in [1.82, 2.24) is 30.4 Å². The molecule has 2 heterocycles. The maximum absolute atomic E-state index is 13.7. The molecule has 3 atom stereocenters. The van der Waals surface area contributed by atoms with E-state index in [0.717, 1.165) is 17.5 Å². The van der Waals surface area contributed by atoms with Gasteiger partial charge in [0.1, 0.15) is 17.9 Å². The van der Waals surface area contributed by atoms with Crippen LogP contribution in [0.4, 0.5) is 5.69 Å². The highest BCUT2D eigenvalue weighted by atomic mass is 16.5.